The van der Waals surface area contributed by atoms with Gasteiger partial charge in [-0.25, -0.2) is 0 Å². The summed E-state index contributed by atoms with van der Waals surface area (Å²) < 4.78 is 0. The van der Waals surface area contributed by atoms with E-state index in [0.29, 0.717) is 0 Å². The smallest absolute Gasteiger partial charge is 0.0314 e. The maximum Gasteiger partial charge on any atom is 0.0314 e. The second kappa shape index (κ2) is 3.23. The van der Waals surface area contributed by atoms with E-state index in [1.807, 2.05) is 12.1 Å². The number of anilines is 1. The van der Waals surface area contributed by atoms with Crippen molar-refractivity contribution >= 4 is 17.0 Å². The number of hydrogen-bond acceptors (Lipinski definition) is 2. The zero-order chi connectivity index (χ0) is 9.26. The highest BCUT2D eigenvalue weighted by molar-refractivity contribution is 7.08. The molecule has 0 bridgehead atoms. The van der Waals surface area contributed by atoms with Gasteiger partial charge in [-0.1, -0.05) is 12.1 Å². The Labute approximate surface area is 81.8 Å². The molecule has 0 fully saturated rings. The largest absolute Gasteiger partial charge is 0.399 e. The number of thiophene rings is 1. The summed E-state index contributed by atoms with van der Waals surface area (Å²) in [7, 11) is 0. The van der Waals surface area contributed by atoms with Gasteiger partial charge in [0, 0.05) is 5.69 Å². The predicted octanol–water partition coefficient (Wildman–Crippen LogP) is 3.31. The van der Waals surface area contributed by atoms with Crippen LogP contribution < -0.4 is 5.73 Å². The van der Waals surface area contributed by atoms with Crippen molar-refractivity contribution in [3.8, 4) is 11.1 Å². The molecule has 1 heterocycles. The summed E-state index contributed by atoms with van der Waals surface area (Å²) in [5.41, 5.74) is 10.3. The van der Waals surface area contributed by atoms with Crippen LogP contribution >= 0.6 is 11.3 Å². The molecule has 0 aliphatic heterocycles. The van der Waals surface area contributed by atoms with E-state index in [1.54, 1.807) is 11.3 Å². The molecule has 0 amide bonds. The minimum Gasteiger partial charge on any atom is -0.399 e. The number of benzene rings is 1. The van der Waals surface area contributed by atoms with E-state index in [1.165, 1.54) is 16.7 Å². The third-order valence-corrected chi connectivity index (χ3v) is 2.94. The molecule has 0 atom stereocenters. The Morgan fingerprint density at radius 2 is 1.77 bits per heavy atom. The Kier molecular flexibility index (Phi) is 2.07. The van der Waals surface area contributed by atoms with Gasteiger partial charge in [-0.05, 0) is 46.5 Å². The molecule has 0 saturated heterocycles. The topological polar surface area (TPSA) is 26.0 Å². The Balaban J connectivity index is 2.47. The highest BCUT2D eigenvalue weighted by atomic mass is 32.1. The van der Waals surface area contributed by atoms with Gasteiger partial charge in [0.05, 0.1) is 0 Å². The van der Waals surface area contributed by atoms with Crippen LogP contribution in [0.5, 0.6) is 0 Å². The molecule has 2 aromatic rings. The van der Waals surface area contributed by atoms with Gasteiger partial charge < -0.3 is 5.73 Å². The average molecular weight is 189 g/mol. The van der Waals surface area contributed by atoms with E-state index < -0.39 is 0 Å². The third-order valence-electron chi connectivity index (χ3n) is 2.08. The van der Waals surface area contributed by atoms with Crippen molar-refractivity contribution < 1.29 is 0 Å². The molecule has 0 spiro atoms. The molecule has 1 aromatic carbocycles. The Morgan fingerprint density at radius 3 is 2.31 bits per heavy atom. The first-order chi connectivity index (χ1) is 6.27. The van der Waals surface area contributed by atoms with Gasteiger partial charge in [0.1, 0.15) is 0 Å². The van der Waals surface area contributed by atoms with Gasteiger partial charge in [0.25, 0.3) is 0 Å². The maximum atomic E-state index is 5.62. The summed E-state index contributed by atoms with van der Waals surface area (Å²) in [5, 5.41) is 4.33. The number of hydrogen-bond donors (Lipinski definition) is 1. The summed E-state index contributed by atoms with van der Waals surface area (Å²) in [4.78, 5) is 0. The summed E-state index contributed by atoms with van der Waals surface area (Å²) in [5.74, 6) is 0. The molecular formula is C11H11NS. The molecule has 2 rings (SSSR count). The second-order valence-electron chi connectivity index (χ2n) is 3.09. The summed E-state index contributed by atoms with van der Waals surface area (Å²) in [6.45, 7) is 2.13. The normalized spacial score (nSPS) is 10.2. The fourth-order valence-corrected chi connectivity index (χ4v) is 2.18. The molecule has 0 aliphatic carbocycles. The fraction of sp³-hybridized carbons (Fsp3) is 0.0909. The summed E-state index contributed by atoms with van der Waals surface area (Å²) >= 11 is 1.73. The molecule has 0 unspecified atom stereocenters. The molecule has 13 heavy (non-hydrogen) atoms. The number of nitrogens with two attached hydrogens (primary N) is 1. The van der Waals surface area contributed by atoms with E-state index in [0.717, 1.165) is 5.69 Å². The van der Waals surface area contributed by atoms with Crippen LogP contribution in [0.3, 0.4) is 0 Å². The third kappa shape index (κ3) is 1.58. The van der Waals surface area contributed by atoms with Gasteiger partial charge >= 0.3 is 0 Å². The molecule has 2 N–H and O–H groups in total. The van der Waals surface area contributed by atoms with Crippen LogP contribution in [-0.4, -0.2) is 0 Å². The first-order valence-corrected chi connectivity index (χ1v) is 5.10. The van der Waals surface area contributed by atoms with Crippen LogP contribution in [-0.2, 0) is 0 Å². The number of rotatable bonds is 1. The molecule has 1 nitrogen and oxygen atoms in total. The monoisotopic (exact) mass is 189 g/mol. The van der Waals surface area contributed by atoms with Gasteiger partial charge in [0.2, 0.25) is 0 Å². The Morgan fingerprint density at radius 1 is 1.08 bits per heavy atom. The average Bonchev–Trinajstić information content (AvgIpc) is 2.53. The van der Waals surface area contributed by atoms with Crippen LogP contribution in [0, 0.1) is 6.92 Å². The van der Waals surface area contributed by atoms with Gasteiger partial charge in [-0.15, -0.1) is 0 Å². The number of nitrogen functional groups attached to an aromatic ring is 1. The Hall–Kier alpha value is -1.28. The lowest BCUT2D eigenvalue weighted by atomic mass is 10.1. The van der Waals surface area contributed by atoms with Crippen molar-refractivity contribution in [3.05, 3.63) is 40.6 Å². The Bertz CT molecular complexity index is 400. The number of aryl methyl sites for hydroxylation is 1. The van der Waals surface area contributed by atoms with E-state index >= 15 is 0 Å². The van der Waals surface area contributed by atoms with Gasteiger partial charge in [-0.2, -0.15) is 11.3 Å². The van der Waals surface area contributed by atoms with E-state index in [-0.39, 0.29) is 0 Å². The first-order valence-electron chi connectivity index (χ1n) is 4.16. The van der Waals surface area contributed by atoms with Crippen molar-refractivity contribution in [1.29, 1.82) is 0 Å². The van der Waals surface area contributed by atoms with Crippen LogP contribution in [0.4, 0.5) is 5.69 Å². The van der Waals surface area contributed by atoms with E-state index in [2.05, 4.69) is 29.8 Å². The highest BCUT2D eigenvalue weighted by Gasteiger charge is 2.01. The lowest BCUT2D eigenvalue weighted by Crippen LogP contribution is -1.83. The highest BCUT2D eigenvalue weighted by Crippen LogP contribution is 2.26. The maximum absolute atomic E-state index is 5.62. The van der Waals surface area contributed by atoms with Gasteiger partial charge in [-0.3, -0.25) is 0 Å². The van der Waals surface area contributed by atoms with Crippen LogP contribution in [0.2, 0.25) is 0 Å². The molecule has 2 heteroatoms. The predicted molar refractivity (Wildman–Crippen MR) is 58.9 cm³/mol. The van der Waals surface area contributed by atoms with Crippen molar-refractivity contribution in [1.82, 2.24) is 0 Å². The van der Waals surface area contributed by atoms with Crippen molar-refractivity contribution in [2.45, 2.75) is 6.92 Å². The SMILES string of the molecule is Cc1cscc1-c1ccc(N)cc1. The molecular weight excluding hydrogens is 178 g/mol. The minimum atomic E-state index is 0.816. The first kappa shape index (κ1) is 8.32. The lowest BCUT2D eigenvalue weighted by Gasteiger charge is -2.00. The fourth-order valence-electron chi connectivity index (χ4n) is 1.32. The van der Waals surface area contributed by atoms with Crippen LogP contribution in [0.1, 0.15) is 5.56 Å². The standard InChI is InChI=1S/C11H11NS/c1-8-6-13-7-11(8)9-2-4-10(12)5-3-9/h2-7H,12H2,1H3. The molecule has 0 radical (unpaired) electrons. The zero-order valence-electron chi connectivity index (χ0n) is 7.45. The van der Waals surface area contributed by atoms with Crippen molar-refractivity contribution in [3.63, 3.8) is 0 Å². The zero-order valence-corrected chi connectivity index (χ0v) is 8.27. The summed E-state index contributed by atoms with van der Waals surface area (Å²) in [6, 6.07) is 7.99. The van der Waals surface area contributed by atoms with Gasteiger partial charge in [0.15, 0.2) is 0 Å². The quantitative estimate of drug-likeness (QED) is 0.684. The van der Waals surface area contributed by atoms with E-state index in [9.17, 15) is 0 Å². The van der Waals surface area contributed by atoms with Crippen LogP contribution in [0.15, 0.2) is 35.0 Å². The second-order valence-corrected chi connectivity index (χ2v) is 3.83. The molecule has 0 aliphatic rings. The molecule has 66 valence electrons. The molecule has 1 aromatic heterocycles. The minimum absolute atomic E-state index is 0.816. The molecule has 0 saturated carbocycles. The summed E-state index contributed by atoms with van der Waals surface area (Å²) in [6.07, 6.45) is 0. The lowest BCUT2D eigenvalue weighted by molar-refractivity contribution is 1.53. The van der Waals surface area contributed by atoms with E-state index in [4.69, 9.17) is 5.73 Å². The van der Waals surface area contributed by atoms with Crippen molar-refractivity contribution in [2.75, 3.05) is 5.73 Å². The van der Waals surface area contributed by atoms with Crippen molar-refractivity contribution in [2.24, 2.45) is 0 Å². The van der Waals surface area contributed by atoms with Crippen LogP contribution in [0.25, 0.3) is 11.1 Å².